The summed E-state index contributed by atoms with van der Waals surface area (Å²) in [4.78, 5) is 2.50. The number of hydrogen-bond acceptors (Lipinski definition) is 3. The van der Waals surface area contributed by atoms with Gasteiger partial charge in [-0.25, -0.2) is 0 Å². The zero-order chi connectivity index (χ0) is 15.7. The van der Waals surface area contributed by atoms with Crippen LogP contribution in [0.3, 0.4) is 0 Å². The predicted octanol–water partition coefficient (Wildman–Crippen LogP) is 3.84. The Hall–Kier alpha value is -1.68. The van der Waals surface area contributed by atoms with Crippen LogP contribution in [0.15, 0.2) is 60.7 Å². The maximum atomic E-state index is 5.85. The average molecular weight is 311 g/mol. The third-order valence-electron chi connectivity index (χ3n) is 4.28. The van der Waals surface area contributed by atoms with Gasteiger partial charge in [0.15, 0.2) is 0 Å². The van der Waals surface area contributed by atoms with Crippen molar-refractivity contribution in [1.29, 1.82) is 0 Å². The lowest BCUT2D eigenvalue weighted by Crippen LogP contribution is -2.36. The minimum Gasteiger partial charge on any atom is -0.352 e. The monoisotopic (exact) mass is 311 g/mol. The van der Waals surface area contributed by atoms with Crippen molar-refractivity contribution in [2.45, 2.75) is 32.1 Å². The largest absolute Gasteiger partial charge is 0.352 e. The predicted molar refractivity (Wildman–Crippen MR) is 91.9 cm³/mol. The van der Waals surface area contributed by atoms with E-state index in [2.05, 4.69) is 47.4 Å². The molecule has 3 rings (SSSR count). The first-order chi connectivity index (χ1) is 11.4. The highest BCUT2D eigenvalue weighted by molar-refractivity contribution is 5.14. The van der Waals surface area contributed by atoms with Crippen LogP contribution in [0.1, 0.15) is 24.0 Å². The van der Waals surface area contributed by atoms with E-state index in [0.717, 1.165) is 32.5 Å². The van der Waals surface area contributed by atoms with Gasteiger partial charge in [-0.3, -0.25) is 4.90 Å². The number of ether oxygens (including phenoxy) is 2. The molecule has 0 unspecified atom stereocenters. The molecular formula is C20H25NO2. The molecule has 23 heavy (non-hydrogen) atoms. The van der Waals surface area contributed by atoms with Gasteiger partial charge in [-0.05, 0) is 24.0 Å². The summed E-state index contributed by atoms with van der Waals surface area (Å²) in [5.74, 6) is 0. The zero-order valence-electron chi connectivity index (χ0n) is 13.6. The Morgan fingerprint density at radius 2 is 1.43 bits per heavy atom. The van der Waals surface area contributed by atoms with Crippen LogP contribution in [0.25, 0.3) is 0 Å². The summed E-state index contributed by atoms with van der Waals surface area (Å²) in [6.45, 7) is 4.24. The lowest BCUT2D eigenvalue weighted by atomic mass is 10.1. The standard InChI is InChI=1S/C20H25NO2/c1-3-7-18(8-4-1)15-21-13-11-20(12-14-21)23-17-22-16-19-9-5-2-6-10-19/h1-10,20H,11-17H2. The molecule has 0 amide bonds. The molecule has 1 saturated heterocycles. The lowest BCUT2D eigenvalue weighted by Gasteiger charge is -2.31. The summed E-state index contributed by atoms with van der Waals surface area (Å²) in [5, 5.41) is 0. The van der Waals surface area contributed by atoms with Crippen molar-refractivity contribution in [2.24, 2.45) is 0 Å². The summed E-state index contributed by atoms with van der Waals surface area (Å²) in [6, 6.07) is 20.9. The Balaban J connectivity index is 1.30. The van der Waals surface area contributed by atoms with E-state index in [-0.39, 0.29) is 0 Å². The summed E-state index contributed by atoms with van der Waals surface area (Å²) >= 11 is 0. The van der Waals surface area contributed by atoms with Crippen LogP contribution < -0.4 is 0 Å². The van der Waals surface area contributed by atoms with Gasteiger partial charge in [0, 0.05) is 19.6 Å². The van der Waals surface area contributed by atoms with Crippen molar-refractivity contribution < 1.29 is 9.47 Å². The molecule has 2 aromatic carbocycles. The van der Waals surface area contributed by atoms with Gasteiger partial charge in [0.05, 0.1) is 12.7 Å². The van der Waals surface area contributed by atoms with E-state index >= 15 is 0 Å². The highest BCUT2D eigenvalue weighted by Crippen LogP contribution is 2.16. The van der Waals surface area contributed by atoms with Crippen LogP contribution in [0.5, 0.6) is 0 Å². The fourth-order valence-corrected chi connectivity index (χ4v) is 2.95. The number of nitrogens with zero attached hydrogens (tertiary/aromatic N) is 1. The van der Waals surface area contributed by atoms with Gasteiger partial charge in [-0.2, -0.15) is 0 Å². The third-order valence-corrected chi connectivity index (χ3v) is 4.28. The molecule has 0 N–H and O–H groups in total. The molecule has 0 aliphatic carbocycles. The van der Waals surface area contributed by atoms with Crippen LogP contribution in [0, 0.1) is 0 Å². The van der Waals surface area contributed by atoms with Gasteiger partial charge >= 0.3 is 0 Å². The van der Waals surface area contributed by atoms with Gasteiger partial charge in [0.25, 0.3) is 0 Å². The van der Waals surface area contributed by atoms with Gasteiger partial charge in [-0.15, -0.1) is 0 Å². The second-order valence-electron chi connectivity index (χ2n) is 6.08. The Bertz CT molecular complexity index is 548. The van der Waals surface area contributed by atoms with E-state index in [1.807, 2.05) is 18.2 Å². The number of rotatable bonds is 7. The molecule has 1 aliphatic heterocycles. The molecule has 1 fully saturated rings. The molecule has 122 valence electrons. The van der Waals surface area contributed by atoms with Gasteiger partial charge in [0.2, 0.25) is 0 Å². The fourth-order valence-electron chi connectivity index (χ4n) is 2.95. The van der Waals surface area contributed by atoms with Crippen LogP contribution in [-0.4, -0.2) is 30.9 Å². The highest BCUT2D eigenvalue weighted by Gasteiger charge is 2.19. The van der Waals surface area contributed by atoms with E-state index in [4.69, 9.17) is 9.47 Å². The second-order valence-corrected chi connectivity index (χ2v) is 6.08. The van der Waals surface area contributed by atoms with Crippen LogP contribution >= 0.6 is 0 Å². The van der Waals surface area contributed by atoms with Crippen molar-refractivity contribution in [1.82, 2.24) is 4.90 Å². The van der Waals surface area contributed by atoms with Gasteiger partial charge < -0.3 is 9.47 Å². The average Bonchev–Trinajstić information content (AvgIpc) is 2.62. The number of piperidine rings is 1. The SMILES string of the molecule is c1ccc(COCOC2CCN(Cc3ccccc3)CC2)cc1. The summed E-state index contributed by atoms with van der Waals surface area (Å²) in [7, 11) is 0. The van der Waals surface area contributed by atoms with Crippen molar-refractivity contribution in [3.8, 4) is 0 Å². The van der Waals surface area contributed by atoms with Crippen molar-refractivity contribution in [3.05, 3.63) is 71.8 Å². The molecule has 0 saturated carbocycles. The molecule has 1 heterocycles. The highest BCUT2D eigenvalue weighted by atomic mass is 16.7. The Morgan fingerprint density at radius 3 is 2.09 bits per heavy atom. The smallest absolute Gasteiger partial charge is 0.147 e. The van der Waals surface area contributed by atoms with Crippen molar-refractivity contribution in [2.75, 3.05) is 19.9 Å². The summed E-state index contributed by atoms with van der Waals surface area (Å²) in [6.07, 6.45) is 2.50. The Kier molecular flexibility index (Phi) is 6.21. The maximum Gasteiger partial charge on any atom is 0.147 e. The molecule has 0 radical (unpaired) electrons. The molecule has 2 aromatic rings. The normalized spacial score (nSPS) is 16.5. The number of hydrogen-bond donors (Lipinski definition) is 0. The quantitative estimate of drug-likeness (QED) is 0.573. The van der Waals surface area contributed by atoms with E-state index in [9.17, 15) is 0 Å². The van der Waals surface area contributed by atoms with E-state index in [0.29, 0.717) is 19.5 Å². The van der Waals surface area contributed by atoms with Crippen LogP contribution in [0.2, 0.25) is 0 Å². The summed E-state index contributed by atoms with van der Waals surface area (Å²) < 4.78 is 11.5. The maximum absolute atomic E-state index is 5.85. The topological polar surface area (TPSA) is 21.7 Å². The van der Waals surface area contributed by atoms with Crippen molar-refractivity contribution in [3.63, 3.8) is 0 Å². The van der Waals surface area contributed by atoms with E-state index in [1.165, 1.54) is 11.1 Å². The molecular weight excluding hydrogens is 286 g/mol. The number of likely N-dealkylation sites (tertiary alicyclic amines) is 1. The lowest BCUT2D eigenvalue weighted by molar-refractivity contribution is -0.110. The fraction of sp³-hybridized carbons (Fsp3) is 0.400. The second kappa shape index (κ2) is 8.82. The Labute approximate surface area is 138 Å². The van der Waals surface area contributed by atoms with E-state index in [1.54, 1.807) is 0 Å². The first-order valence-electron chi connectivity index (χ1n) is 8.40. The van der Waals surface area contributed by atoms with E-state index < -0.39 is 0 Å². The van der Waals surface area contributed by atoms with Gasteiger partial charge in [-0.1, -0.05) is 60.7 Å². The van der Waals surface area contributed by atoms with Crippen molar-refractivity contribution >= 4 is 0 Å². The first-order valence-corrected chi connectivity index (χ1v) is 8.40. The molecule has 0 spiro atoms. The zero-order valence-corrected chi connectivity index (χ0v) is 13.6. The Morgan fingerprint density at radius 1 is 0.826 bits per heavy atom. The molecule has 3 nitrogen and oxygen atoms in total. The first kappa shape index (κ1) is 16.2. The van der Waals surface area contributed by atoms with Crippen LogP contribution in [-0.2, 0) is 22.6 Å². The molecule has 0 aromatic heterocycles. The molecule has 1 aliphatic rings. The molecule has 3 heteroatoms. The number of benzene rings is 2. The van der Waals surface area contributed by atoms with Crippen LogP contribution in [0.4, 0.5) is 0 Å². The minimum atomic E-state index is 0.331. The summed E-state index contributed by atoms with van der Waals surface area (Å²) in [5.41, 5.74) is 2.58. The molecule has 0 atom stereocenters. The molecule has 0 bridgehead atoms. The van der Waals surface area contributed by atoms with Gasteiger partial charge in [0.1, 0.15) is 6.79 Å². The third kappa shape index (κ3) is 5.47. The minimum absolute atomic E-state index is 0.331.